The summed E-state index contributed by atoms with van der Waals surface area (Å²) < 4.78 is 82.1. The van der Waals surface area contributed by atoms with E-state index in [9.17, 15) is 31.1 Å². The third kappa shape index (κ3) is 3.49. The molecule has 0 fully saturated rings. The Morgan fingerprint density at radius 3 is 1.94 bits per heavy atom. The summed E-state index contributed by atoms with van der Waals surface area (Å²) >= 11 is 0. The monoisotopic (exact) mass is 437 g/mol. The molecule has 1 amide bonds. The van der Waals surface area contributed by atoms with Gasteiger partial charge in [-0.3, -0.25) is 4.79 Å². The second kappa shape index (κ2) is 7.04. The Bertz CT molecular complexity index is 1120. The number of rotatable bonds is 3. The molecule has 1 aliphatic rings. The van der Waals surface area contributed by atoms with Crippen LogP contribution in [0.3, 0.4) is 0 Å². The molecule has 3 aromatic rings. The molecule has 31 heavy (non-hydrogen) atoms. The van der Waals surface area contributed by atoms with Crippen LogP contribution in [0, 0.1) is 0 Å². The average molecular weight is 437 g/mol. The SMILES string of the molecule is O=C1Nc2c(C(F)(F)F)cccc2[C@]1(c1ccccc1)c1ccc(OC(F)(F)F)cc1. The van der Waals surface area contributed by atoms with Crippen molar-refractivity contribution in [3.63, 3.8) is 0 Å². The lowest BCUT2D eigenvalue weighted by Crippen LogP contribution is -2.37. The fraction of sp³-hybridized carbons (Fsp3) is 0.136. The highest BCUT2D eigenvalue weighted by molar-refractivity contribution is 6.12. The molecule has 0 saturated heterocycles. The molecule has 0 bridgehead atoms. The first kappa shape index (κ1) is 20.8. The van der Waals surface area contributed by atoms with Gasteiger partial charge in [0, 0.05) is 5.56 Å². The van der Waals surface area contributed by atoms with Crippen LogP contribution < -0.4 is 10.1 Å². The number of carbonyl (C=O) groups excluding carboxylic acids is 1. The summed E-state index contributed by atoms with van der Waals surface area (Å²) in [4.78, 5) is 13.3. The standard InChI is InChI=1S/C22H13F6NO2/c23-21(24,25)17-8-4-7-16-18(17)29-19(30)20(16,13-5-2-1-3-6-13)14-9-11-15(12-10-14)31-22(26,27)28/h1-12H,(H,29,30)/t20-/m0/s1. The van der Waals surface area contributed by atoms with E-state index in [1.54, 1.807) is 30.3 Å². The van der Waals surface area contributed by atoms with Crippen LogP contribution in [-0.2, 0) is 16.4 Å². The van der Waals surface area contributed by atoms with E-state index in [-0.39, 0.29) is 16.8 Å². The van der Waals surface area contributed by atoms with Crippen molar-refractivity contribution in [1.29, 1.82) is 0 Å². The van der Waals surface area contributed by atoms with Gasteiger partial charge in [-0.1, -0.05) is 54.6 Å². The number of ether oxygens (including phenoxy) is 1. The predicted molar refractivity (Wildman–Crippen MR) is 99.5 cm³/mol. The third-order valence-corrected chi connectivity index (χ3v) is 5.08. The van der Waals surface area contributed by atoms with Gasteiger partial charge in [-0.2, -0.15) is 13.2 Å². The van der Waals surface area contributed by atoms with Gasteiger partial charge < -0.3 is 10.1 Å². The molecule has 160 valence electrons. The number of alkyl halides is 6. The van der Waals surface area contributed by atoms with Crippen LogP contribution in [-0.4, -0.2) is 12.3 Å². The first-order valence-electron chi connectivity index (χ1n) is 8.97. The van der Waals surface area contributed by atoms with Crippen molar-refractivity contribution in [3.05, 3.63) is 95.1 Å². The molecule has 0 aliphatic carbocycles. The lowest BCUT2D eigenvalue weighted by molar-refractivity contribution is -0.274. The largest absolute Gasteiger partial charge is 0.573 e. The minimum Gasteiger partial charge on any atom is -0.406 e. The van der Waals surface area contributed by atoms with Gasteiger partial charge in [0.1, 0.15) is 11.2 Å². The second-order valence-electron chi connectivity index (χ2n) is 6.87. The van der Waals surface area contributed by atoms with E-state index < -0.39 is 35.2 Å². The molecule has 0 radical (unpaired) electrons. The maximum absolute atomic E-state index is 13.6. The van der Waals surface area contributed by atoms with E-state index in [4.69, 9.17) is 0 Å². The molecule has 1 atom stereocenters. The first-order valence-corrected chi connectivity index (χ1v) is 8.97. The number of halogens is 6. The van der Waals surface area contributed by atoms with Crippen LogP contribution in [0.1, 0.15) is 22.3 Å². The zero-order valence-corrected chi connectivity index (χ0v) is 15.5. The average Bonchev–Trinajstić information content (AvgIpc) is 3.00. The highest BCUT2D eigenvalue weighted by Crippen LogP contribution is 2.51. The quantitative estimate of drug-likeness (QED) is 0.519. The normalized spacial score (nSPS) is 18.5. The zero-order chi connectivity index (χ0) is 22.4. The molecule has 1 N–H and O–H groups in total. The number of anilines is 1. The maximum atomic E-state index is 13.6. The Hall–Kier alpha value is -3.49. The molecule has 0 aromatic heterocycles. The van der Waals surface area contributed by atoms with Gasteiger partial charge in [-0.05, 0) is 29.3 Å². The molecular weight excluding hydrogens is 424 g/mol. The molecule has 0 spiro atoms. The molecule has 1 aliphatic heterocycles. The summed E-state index contributed by atoms with van der Waals surface area (Å²) in [5, 5.41) is 2.34. The highest BCUT2D eigenvalue weighted by Gasteiger charge is 2.52. The van der Waals surface area contributed by atoms with Gasteiger partial charge in [-0.25, -0.2) is 0 Å². The van der Waals surface area contributed by atoms with Crippen molar-refractivity contribution in [2.45, 2.75) is 18.0 Å². The number of para-hydroxylation sites is 1. The summed E-state index contributed by atoms with van der Waals surface area (Å²) in [6.07, 6.45) is -9.62. The number of benzene rings is 3. The fourth-order valence-electron chi connectivity index (χ4n) is 3.90. The number of fused-ring (bicyclic) bond motifs is 1. The highest BCUT2D eigenvalue weighted by atomic mass is 19.4. The van der Waals surface area contributed by atoms with Crippen molar-refractivity contribution in [2.75, 3.05) is 5.32 Å². The fourth-order valence-corrected chi connectivity index (χ4v) is 3.90. The smallest absolute Gasteiger partial charge is 0.406 e. The lowest BCUT2D eigenvalue weighted by Gasteiger charge is -2.29. The van der Waals surface area contributed by atoms with Crippen LogP contribution in [0.5, 0.6) is 5.75 Å². The number of amides is 1. The number of hydrogen-bond acceptors (Lipinski definition) is 2. The summed E-state index contributed by atoms with van der Waals surface area (Å²) in [6.45, 7) is 0. The Morgan fingerprint density at radius 1 is 0.742 bits per heavy atom. The van der Waals surface area contributed by atoms with Gasteiger partial charge in [0.15, 0.2) is 0 Å². The van der Waals surface area contributed by atoms with Crippen LogP contribution in [0.2, 0.25) is 0 Å². The topological polar surface area (TPSA) is 38.3 Å². The zero-order valence-electron chi connectivity index (χ0n) is 15.5. The summed E-state index contributed by atoms with van der Waals surface area (Å²) in [6, 6.07) is 16.1. The van der Waals surface area contributed by atoms with E-state index >= 15 is 0 Å². The Morgan fingerprint density at radius 2 is 1.35 bits per heavy atom. The minimum atomic E-state index is -4.91. The molecule has 4 rings (SSSR count). The van der Waals surface area contributed by atoms with Crippen LogP contribution in [0.4, 0.5) is 32.0 Å². The van der Waals surface area contributed by atoms with E-state index in [1.165, 1.54) is 24.3 Å². The van der Waals surface area contributed by atoms with Gasteiger partial charge in [-0.15, -0.1) is 13.2 Å². The van der Waals surface area contributed by atoms with E-state index in [0.717, 1.165) is 18.2 Å². The molecule has 0 saturated carbocycles. The summed E-state index contributed by atoms with van der Waals surface area (Å²) in [5.41, 5.74) is -2.44. The van der Waals surface area contributed by atoms with Crippen molar-refractivity contribution in [2.24, 2.45) is 0 Å². The van der Waals surface area contributed by atoms with Gasteiger partial charge in [0.05, 0.1) is 11.3 Å². The Labute approximate surface area is 172 Å². The minimum absolute atomic E-state index is 0.0583. The molecule has 1 heterocycles. The van der Waals surface area contributed by atoms with Crippen molar-refractivity contribution in [1.82, 2.24) is 0 Å². The first-order chi connectivity index (χ1) is 14.5. The Kier molecular flexibility index (Phi) is 4.72. The molecular formula is C22H13F6NO2. The molecule has 0 unspecified atom stereocenters. The van der Waals surface area contributed by atoms with E-state index in [0.29, 0.717) is 5.56 Å². The summed E-state index contributed by atoms with van der Waals surface area (Å²) in [7, 11) is 0. The second-order valence-corrected chi connectivity index (χ2v) is 6.87. The van der Waals surface area contributed by atoms with Gasteiger partial charge in [0.25, 0.3) is 0 Å². The predicted octanol–water partition coefficient (Wildman–Crippen LogP) is 5.89. The van der Waals surface area contributed by atoms with E-state index in [1.807, 2.05) is 0 Å². The van der Waals surface area contributed by atoms with Crippen LogP contribution >= 0.6 is 0 Å². The molecule has 3 aromatic carbocycles. The van der Waals surface area contributed by atoms with Crippen LogP contribution in [0.15, 0.2) is 72.8 Å². The number of carbonyl (C=O) groups is 1. The molecule has 9 heteroatoms. The van der Waals surface area contributed by atoms with Crippen LogP contribution in [0.25, 0.3) is 0 Å². The van der Waals surface area contributed by atoms with Gasteiger partial charge in [0.2, 0.25) is 5.91 Å². The van der Waals surface area contributed by atoms with Crippen molar-refractivity contribution in [3.8, 4) is 5.75 Å². The van der Waals surface area contributed by atoms with Crippen molar-refractivity contribution < 1.29 is 35.9 Å². The number of hydrogen-bond donors (Lipinski definition) is 1. The van der Waals surface area contributed by atoms with Crippen molar-refractivity contribution >= 4 is 11.6 Å². The number of nitrogens with one attached hydrogen (secondary N) is 1. The molecule has 3 nitrogen and oxygen atoms in total. The van der Waals surface area contributed by atoms with E-state index in [2.05, 4.69) is 10.1 Å². The third-order valence-electron chi connectivity index (χ3n) is 5.08. The Balaban J connectivity index is 1.96. The summed E-state index contributed by atoms with van der Waals surface area (Å²) in [5.74, 6) is -1.25. The van der Waals surface area contributed by atoms with Gasteiger partial charge >= 0.3 is 12.5 Å². The lowest BCUT2D eigenvalue weighted by atomic mass is 9.70. The maximum Gasteiger partial charge on any atom is 0.573 e.